The lowest BCUT2D eigenvalue weighted by Gasteiger charge is -2.54. The molecular formula is C19H24N2O3. The van der Waals surface area contributed by atoms with Crippen LogP contribution in [0.4, 0.5) is 10.5 Å². The maximum atomic E-state index is 12.4. The molecule has 4 aliphatic rings. The number of carbonyl (C=O) groups is 2. The number of ether oxygens (including phenoxy) is 1. The second-order valence-corrected chi connectivity index (χ2v) is 7.63. The number of amides is 2. The Hall–Kier alpha value is -2.04. The van der Waals surface area contributed by atoms with E-state index < -0.39 is 5.97 Å². The van der Waals surface area contributed by atoms with Crippen molar-refractivity contribution in [3.63, 3.8) is 0 Å². The van der Waals surface area contributed by atoms with Gasteiger partial charge in [-0.2, -0.15) is 0 Å². The van der Waals surface area contributed by atoms with Gasteiger partial charge >= 0.3 is 12.0 Å². The zero-order chi connectivity index (χ0) is 16.7. The Morgan fingerprint density at radius 1 is 1.04 bits per heavy atom. The van der Waals surface area contributed by atoms with Crippen LogP contribution in [0.25, 0.3) is 0 Å². The Morgan fingerprint density at radius 2 is 1.71 bits per heavy atom. The normalized spacial score (nSPS) is 33.1. The summed E-state index contributed by atoms with van der Waals surface area (Å²) in [6, 6.07) is 6.97. The predicted octanol–water partition coefficient (Wildman–Crippen LogP) is 3.42. The molecule has 0 aliphatic heterocycles. The molecule has 24 heavy (non-hydrogen) atoms. The third kappa shape index (κ3) is 2.87. The first-order valence-electron chi connectivity index (χ1n) is 8.88. The summed E-state index contributed by atoms with van der Waals surface area (Å²) in [5.41, 5.74) is 1.05. The number of methoxy groups -OCH3 is 1. The molecule has 4 saturated carbocycles. The molecule has 0 heterocycles. The van der Waals surface area contributed by atoms with Crippen molar-refractivity contribution in [2.45, 2.75) is 38.1 Å². The minimum atomic E-state index is -0.403. The average molecular weight is 328 g/mol. The van der Waals surface area contributed by atoms with Crippen LogP contribution in [0, 0.1) is 23.7 Å². The number of rotatable bonds is 3. The van der Waals surface area contributed by atoms with Crippen LogP contribution in [0.2, 0.25) is 0 Å². The molecule has 4 bridgehead atoms. The minimum absolute atomic E-state index is 0.172. The van der Waals surface area contributed by atoms with Gasteiger partial charge in [-0.3, -0.25) is 0 Å². The van der Waals surface area contributed by atoms with Gasteiger partial charge in [0, 0.05) is 11.7 Å². The second kappa shape index (κ2) is 6.11. The Bertz CT molecular complexity index is 630. The molecule has 0 spiro atoms. The van der Waals surface area contributed by atoms with E-state index in [0.29, 0.717) is 29.1 Å². The molecule has 2 amide bonds. The number of hydrogen-bond donors (Lipinski definition) is 2. The Kier molecular flexibility index (Phi) is 3.94. The fourth-order valence-corrected chi connectivity index (χ4v) is 5.32. The maximum Gasteiger partial charge on any atom is 0.337 e. The molecule has 2 N–H and O–H groups in total. The first-order chi connectivity index (χ1) is 11.6. The van der Waals surface area contributed by atoms with E-state index in [1.54, 1.807) is 24.3 Å². The van der Waals surface area contributed by atoms with Crippen LogP contribution < -0.4 is 10.6 Å². The van der Waals surface area contributed by atoms with Gasteiger partial charge in [-0.15, -0.1) is 0 Å². The van der Waals surface area contributed by atoms with Gasteiger partial charge < -0.3 is 15.4 Å². The van der Waals surface area contributed by atoms with Crippen molar-refractivity contribution in [3.05, 3.63) is 29.8 Å². The molecule has 1 aromatic carbocycles. The number of urea groups is 1. The fraction of sp³-hybridized carbons (Fsp3) is 0.579. The quantitative estimate of drug-likeness (QED) is 0.836. The summed E-state index contributed by atoms with van der Waals surface area (Å²) in [6.07, 6.45) is 6.50. The van der Waals surface area contributed by atoms with Crippen molar-refractivity contribution >= 4 is 17.7 Å². The predicted molar refractivity (Wildman–Crippen MR) is 90.8 cm³/mol. The molecule has 1 aromatic rings. The van der Waals surface area contributed by atoms with E-state index in [1.807, 2.05) is 0 Å². The number of carbonyl (C=O) groups excluding carboxylic acids is 2. The van der Waals surface area contributed by atoms with Crippen LogP contribution in [-0.2, 0) is 4.74 Å². The largest absolute Gasteiger partial charge is 0.465 e. The molecule has 0 radical (unpaired) electrons. The molecule has 5 nitrogen and oxygen atoms in total. The zero-order valence-corrected chi connectivity index (χ0v) is 14.0. The van der Waals surface area contributed by atoms with E-state index in [4.69, 9.17) is 4.74 Å². The minimum Gasteiger partial charge on any atom is -0.465 e. The van der Waals surface area contributed by atoms with Gasteiger partial charge in [0.15, 0.2) is 0 Å². The molecule has 128 valence electrons. The van der Waals surface area contributed by atoms with E-state index in [2.05, 4.69) is 10.6 Å². The summed E-state index contributed by atoms with van der Waals surface area (Å²) in [4.78, 5) is 24.0. The number of benzene rings is 1. The number of esters is 1. The molecule has 0 saturated heterocycles. The lowest BCUT2D eigenvalue weighted by molar-refractivity contribution is -0.00883. The van der Waals surface area contributed by atoms with Crippen molar-refractivity contribution in [1.29, 1.82) is 0 Å². The smallest absolute Gasteiger partial charge is 0.337 e. The monoisotopic (exact) mass is 328 g/mol. The Labute approximate surface area is 142 Å². The maximum absolute atomic E-state index is 12.4. The first-order valence-corrected chi connectivity index (χ1v) is 8.88. The lowest BCUT2D eigenvalue weighted by Crippen LogP contribution is -2.56. The SMILES string of the molecule is COC(=O)c1cccc(NC(=O)NC2C3CC4CC(C3)CC2C4)c1. The molecule has 4 fully saturated rings. The summed E-state index contributed by atoms with van der Waals surface area (Å²) >= 11 is 0. The second-order valence-electron chi connectivity index (χ2n) is 7.63. The molecule has 5 rings (SSSR count). The standard InChI is InChI=1S/C19H24N2O3/c1-24-18(22)13-3-2-4-16(10-13)20-19(23)21-17-14-6-11-5-12(8-14)9-15(17)7-11/h2-4,10-12,14-15,17H,5-9H2,1H3,(H2,20,21,23). The molecule has 0 aromatic heterocycles. The van der Waals surface area contributed by atoms with Gasteiger partial charge in [0.1, 0.15) is 0 Å². The van der Waals surface area contributed by atoms with Gasteiger partial charge in [-0.1, -0.05) is 6.07 Å². The first kappa shape index (κ1) is 15.5. The Balaban J connectivity index is 1.40. The zero-order valence-electron chi connectivity index (χ0n) is 14.0. The van der Waals surface area contributed by atoms with Crippen LogP contribution >= 0.6 is 0 Å². The van der Waals surface area contributed by atoms with Crippen LogP contribution in [-0.4, -0.2) is 25.2 Å². The van der Waals surface area contributed by atoms with E-state index in [9.17, 15) is 9.59 Å². The average Bonchev–Trinajstić information content (AvgIpc) is 2.57. The summed E-state index contributed by atoms with van der Waals surface area (Å²) in [6.45, 7) is 0. The molecular weight excluding hydrogens is 304 g/mol. The van der Waals surface area contributed by atoms with Crippen molar-refractivity contribution < 1.29 is 14.3 Å². The third-order valence-corrected chi connectivity index (χ3v) is 6.07. The third-order valence-electron chi connectivity index (χ3n) is 6.07. The summed E-state index contributed by atoms with van der Waals surface area (Å²) < 4.78 is 4.71. The van der Waals surface area contributed by atoms with Crippen molar-refractivity contribution in [3.8, 4) is 0 Å². The Morgan fingerprint density at radius 3 is 2.33 bits per heavy atom. The van der Waals surface area contributed by atoms with Crippen LogP contribution in [0.15, 0.2) is 24.3 Å². The highest BCUT2D eigenvalue weighted by molar-refractivity contribution is 5.94. The lowest BCUT2D eigenvalue weighted by atomic mass is 9.54. The summed E-state index contributed by atoms with van der Waals surface area (Å²) in [5, 5.41) is 6.07. The van der Waals surface area contributed by atoms with Crippen molar-refractivity contribution in [2.24, 2.45) is 23.7 Å². The van der Waals surface area contributed by atoms with Crippen LogP contribution in [0.5, 0.6) is 0 Å². The molecule has 0 unspecified atom stereocenters. The molecule has 0 atom stereocenters. The fourth-order valence-electron chi connectivity index (χ4n) is 5.32. The van der Waals surface area contributed by atoms with Gasteiger partial charge in [0.25, 0.3) is 0 Å². The van der Waals surface area contributed by atoms with E-state index >= 15 is 0 Å². The van der Waals surface area contributed by atoms with Crippen molar-refractivity contribution in [1.82, 2.24) is 5.32 Å². The topological polar surface area (TPSA) is 67.4 Å². The van der Waals surface area contributed by atoms with Gasteiger partial charge in [-0.25, -0.2) is 9.59 Å². The van der Waals surface area contributed by atoms with Gasteiger partial charge in [-0.05, 0) is 74.0 Å². The van der Waals surface area contributed by atoms with E-state index in [0.717, 1.165) is 11.8 Å². The number of hydrogen-bond acceptors (Lipinski definition) is 3. The van der Waals surface area contributed by atoms with E-state index in [-0.39, 0.29) is 6.03 Å². The summed E-state index contributed by atoms with van der Waals surface area (Å²) in [5.74, 6) is 2.68. The van der Waals surface area contributed by atoms with Crippen LogP contribution in [0.3, 0.4) is 0 Å². The van der Waals surface area contributed by atoms with Crippen LogP contribution in [0.1, 0.15) is 42.5 Å². The highest BCUT2D eigenvalue weighted by Gasteiger charge is 2.48. The number of nitrogens with one attached hydrogen (secondary N) is 2. The molecule has 4 aliphatic carbocycles. The highest BCUT2D eigenvalue weighted by atomic mass is 16.5. The van der Waals surface area contributed by atoms with Gasteiger partial charge in [0.05, 0.1) is 12.7 Å². The summed E-state index contributed by atoms with van der Waals surface area (Å²) in [7, 11) is 1.35. The van der Waals surface area contributed by atoms with Crippen molar-refractivity contribution in [2.75, 3.05) is 12.4 Å². The highest BCUT2D eigenvalue weighted by Crippen LogP contribution is 2.53. The molecule has 5 heteroatoms. The van der Waals surface area contributed by atoms with E-state index in [1.165, 1.54) is 39.2 Å². The number of anilines is 1. The van der Waals surface area contributed by atoms with Gasteiger partial charge in [0.2, 0.25) is 0 Å².